The maximum absolute atomic E-state index is 2.94. The van der Waals surface area contributed by atoms with E-state index in [1.165, 1.54) is 0 Å². The molecular weight excluding hydrogens is 229 g/mol. The molecule has 0 atom stereocenters. The zero-order valence-electron chi connectivity index (χ0n) is 5.50. The average molecular weight is 239 g/mol. The lowest BCUT2D eigenvalue weighted by molar-refractivity contribution is -0.670. The summed E-state index contributed by atoms with van der Waals surface area (Å²) in [6, 6.07) is 0. The molecule has 9 heavy (non-hydrogen) atoms. The number of nitrogens with zero attached hydrogens (tertiary/aromatic N) is 2. The van der Waals surface area contributed by atoms with Gasteiger partial charge in [0.1, 0.15) is 6.20 Å². The lowest BCUT2D eigenvalue weighted by Crippen LogP contribution is -3.00. The van der Waals surface area contributed by atoms with Crippen molar-refractivity contribution in [2.75, 3.05) is 12.5 Å². The molecule has 0 aromatic carbocycles. The van der Waals surface area contributed by atoms with Crippen LogP contribution in [0.2, 0.25) is 0 Å². The van der Waals surface area contributed by atoms with Gasteiger partial charge in [-0.15, -0.1) is 4.68 Å². The summed E-state index contributed by atoms with van der Waals surface area (Å²) >= 11 is 0. The fraction of sp³-hybridized carbons (Fsp3) is 0.400. The zero-order chi connectivity index (χ0) is 5.98. The molecule has 0 saturated carbocycles. The summed E-state index contributed by atoms with van der Waals surface area (Å²) in [5.41, 5.74) is 2.94. The second-order valence-corrected chi connectivity index (χ2v) is 1.71. The Kier molecular flexibility index (Phi) is 3.60. The van der Waals surface area contributed by atoms with Crippen LogP contribution in [0.25, 0.3) is 0 Å². The lowest BCUT2D eigenvalue weighted by Gasteiger charge is -1.85. The first-order valence-electron chi connectivity index (χ1n) is 2.54. The quantitative estimate of drug-likeness (QED) is 0.398. The molecule has 0 bridgehead atoms. The van der Waals surface area contributed by atoms with Gasteiger partial charge in [-0.25, -0.2) is 4.57 Å². The highest BCUT2D eigenvalue weighted by Crippen LogP contribution is 1.72. The van der Waals surface area contributed by atoms with Gasteiger partial charge in [0.05, 0.1) is 7.05 Å². The SMILES string of the molecule is CNn1cc[n+](C)c1.[I-]. The molecule has 4 heteroatoms. The first-order valence-corrected chi connectivity index (χ1v) is 2.54. The summed E-state index contributed by atoms with van der Waals surface area (Å²) in [4.78, 5) is 0. The Bertz CT molecular complexity index is 172. The molecule has 0 aliphatic rings. The Morgan fingerprint density at radius 2 is 2.22 bits per heavy atom. The van der Waals surface area contributed by atoms with Gasteiger partial charge in [0.15, 0.2) is 6.20 Å². The number of halogens is 1. The third-order valence-corrected chi connectivity index (χ3v) is 1.03. The first kappa shape index (κ1) is 8.74. The topological polar surface area (TPSA) is 20.8 Å². The minimum absolute atomic E-state index is 0. The predicted molar refractivity (Wildman–Crippen MR) is 30.9 cm³/mol. The number of hydrogen-bond donors (Lipinski definition) is 1. The molecule has 0 saturated heterocycles. The van der Waals surface area contributed by atoms with E-state index in [1.807, 2.05) is 42.1 Å². The third kappa shape index (κ3) is 2.21. The van der Waals surface area contributed by atoms with Crippen LogP contribution in [-0.2, 0) is 7.05 Å². The molecule has 0 aliphatic heterocycles. The summed E-state index contributed by atoms with van der Waals surface area (Å²) in [7, 11) is 3.86. The van der Waals surface area contributed by atoms with Crippen molar-refractivity contribution in [3.63, 3.8) is 0 Å². The zero-order valence-corrected chi connectivity index (χ0v) is 7.66. The van der Waals surface area contributed by atoms with Crippen molar-refractivity contribution in [2.45, 2.75) is 0 Å². The van der Waals surface area contributed by atoms with Crippen molar-refractivity contribution in [1.82, 2.24) is 4.68 Å². The Morgan fingerprint density at radius 3 is 2.44 bits per heavy atom. The van der Waals surface area contributed by atoms with Gasteiger partial charge in [0.25, 0.3) is 6.33 Å². The minimum atomic E-state index is 0. The molecular formula is C5H10IN3. The van der Waals surface area contributed by atoms with Crippen molar-refractivity contribution in [3.05, 3.63) is 18.7 Å². The number of nitrogens with one attached hydrogen (secondary N) is 1. The van der Waals surface area contributed by atoms with Gasteiger partial charge in [-0.05, 0) is 0 Å². The highest BCUT2D eigenvalue weighted by atomic mass is 127. The van der Waals surface area contributed by atoms with Crippen molar-refractivity contribution < 1.29 is 28.5 Å². The standard InChI is InChI=1S/C5H10N3.HI/c1-6-8-4-3-7(2)5-8;/h3-6H,1-2H3;1H/q+1;/p-1. The molecule has 0 fully saturated rings. The van der Waals surface area contributed by atoms with E-state index in [2.05, 4.69) is 5.43 Å². The van der Waals surface area contributed by atoms with E-state index in [0.717, 1.165) is 0 Å². The molecule has 1 aromatic rings. The molecule has 0 amide bonds. The van der Waals surface area contributed by atoms with E-state index in [1.54, 1.807) is 0 Å². The summed E-state index contributed by atoms with van der Waals surface area (Å²) in [6.45, 7) is 0. The molecule has 1 N–H and O–H groups in total. The number of aromatic nitrogens is 2. The van der Waals surface area contributed by atoms with Crippen LogP contribution in [0.5, 0.6) is 0 Å². The summed E-state index contributed by atoms with van der Waals surface area (Å²) in [5, 5.41) is 0. The van der Waals surface area contributed by atoms with Crippen molar-refractivity contribution in [3.8, 4) is 0 Å². The first-order chi connectivity index (χ1) is 3.83. The van der Waals surface area contributed by atoms with Gasteiger partial charge in [-0.2, -0.15) is 0 Å². The highest BCUT2D eigenvalue weighted by Gasteiger charge is 1.91. The van der Waals surface area contributed by atoms with E-state index in [0.29, 0.717) is 0 Å². The molecule has 0 spiro atoms. The predicted octanol–water partition coefficient (Wildman–Crippen LogP) is -3.51. The monoisotopic (exact) mass is 239 g/mol. The Hall–Kier alpha value is -0.260. The van der Waals surface area contributed by atoms with Crippen LogP contribution >= 0.6 is 0 Å². The largest absolute Gasteiger partial charge is 1.00 e. The van der Waals surface area contributed by atoms with Gasteiger partial charge < -0.3 is 24.0 Å². The van der Waals surface area contributed by atoms with Crippen molar-refractivity contribution >= 4 is 0 Å². The highest BCUT2D eigenvalue weighted by molar-refractivity contribution is 4.69. The molecule has 52 valence electrons. The maximum Gasteiger partial charge on any atom is 0.266 e. The van der Waals surface area contributed by atoms with Gasteiger partial charge in [0.2, 0.25) is 0 Å². The Labute approximate surface area is 71.7 Å². The molecule has 1 heterocycles. The number of hydrogen-bond acceptors (Lipinski definition) is 1. The van der Waals surface area contributed by atoms with Crippen LogP contribution in [0.1, 0.15) is 0 Å². The van der Waals surface area contributed by atoms with E-state index >= 15 is 0 Å². The van der Waals surface area contributed by atoms with E-state index in [9.17, 15) is 0 Å². The number of rotatable bonds is 1. The molecule has 1 aromatic heterocycles. The van der Waals surface area contributed by atoms with Crippen molar-refractivity contribution in [2.24, 2.45) is 7.05 Å². The summed E-state index contributed by atoms with van der Waals surface area (Å²) in [6.07, 6.45) is 5.86. The van der Waals surface area contributed by atoms with Crippen LogP contribution in [0, 0.1) is 0 Å². The van der Waals surface area contributed by atoms with Crippen LogP contribution < -0.4 is 34.0 Å². The third-order valence-electron chi connectivity index (χ3n) is 1.03. The number of aryl methyl sites for hydroxylation is 1. The molecule has 1 rings (SSSR count). The molecule has 0 unspecified atom stereocenters. The second kappa shape index (κ2) is 3.71. The smallest absolute Gasteiger partial charge is 0.266 e. The fourth-order valence-electron chi connectivity index (χ4n) is 0.582. The van der Waals surface area contributed by atoms with E-state index < -0.39 is 0 Å². The van der Waals surface area contributed by atoms with Crippen LogP contribution in [0.15, 0.2) is 18.7 Å². The van der Waals surface area contributed by atoms with Gasteiger partial charge in [-0.1, -0.05) is 0 Å². The van der Waals surface area contributed by atoms with Crippen LogP contribution in [-0.4, -0.2) is 11.7 Å². The van der Waals surface area contributed by atoms with Gasteiger partial charge >= 0.3 is 0 Å². The molecule has 0 aliphatic carbocycles. The maximum atomic E-state index is 2.94. The number of imidazole rings is 1. The summed E-state index contributed by atoms with van der Waals surface area (Å²) in [5.74, 6) is 0. The van der Waals surface area contributed by atoms with E-state index in [4.69, 9.17) is 0 Å². The van der Waals surface area contributed by atoms with Crippen molar-refractivity contribution in [1.29, 1.82) is 0 Å². The summed E-state index contributed by atoms with van der Waals surface area (Å²) < 4.78 is 3.84. The molecule has 0 radical (unpaired) electrons. The van der Waals surface area contributed by atoms with Crippen LogP contribution in [0.4, 0.5) is 0 Å². The minimum Gasteiger partial charge on any atom is -1.00 e. The molecule has 3 nitrogen and oxygen atoms in total. The van der Waals surface area contributed by atoms with Gasteiger partial charge in [-0.3, -0.25) is 5.43 Å². The lowest BCUT2D eigenvalue weighted by atomic mass is 10.9. The fourth-order valence-corrected chi connectivity index (χ4v) is 0.582. The van der Waals surface area contributed by atoms with E-state index in [-0.39, 0.29) is 24.0 Å². The Morgan fingerprint density at radius 1 is 1.56 bits per heavy atom. The van der Waals surface area contributed by atoms with Gasteiger partial charge in [0, 0.05) is 7.05 Å². The second-order valence-electron chi connectivity index (χ2n) is 1.71. The average Bonchev–Trinajstić information content (AvgIpc) is 2.14. The van der Waals surface area contributed by atoms with Crippen LogP contribution in [0.3, 0.4) is 0 Å². The normalized spacial score (nSPS) is 8.22. The Balaban J connectivity index is 0.000000640.